The van der Waals surface area contributed by atoms with Gasteiger partial charge < -0.3 is 19.5 Å². The number of hydrogen-bond acceptors (Lipinski definition) is 5. The van der Waals surface area contributed by atoms with Crippen LogP contribution in [0.25, 0.3) is 5.69 Å². The molecule has 3 heterocycles. The highest BCUT2D eigenvalue weighted by Crippen LogP contribution is 2.45. The smallest absolute Gasteiger partial charge is 0.229 e. The second-order valence-corrected chi connectivity index (χ2v) is 12.4. The molecular formula is C28H27Cl2N5O3S2. The monoisotopic (exact) mass is 615 g/mol. The van der Waals surface area contributed by atoms with E-state index in [2.05, 4.69) is 25.7 Å². The van der Waals surface area contributed by atoms with E-state index in [1.165, 1.54) is 7.11 Å². The molecule has 0 radical (unpaired) electrons. The van der Waals surface area contributed by atoms with Gasteiger partial charge in [0.05, 0.1) is 52.6 Å². The lowest BCUT2D eigenvalue weighted by molar-refractivity contribution is 0.417. The van der Waals surface area contributed by atoms with Gasteiger partial charge in [-0.25, -0.2) is 8.42 Å². The number of nitrogens with one attached hydrogen (secondary N) is 2. The Morgan fingerprint density at radius 3 is 2.52 bits per heavy atom. The van der Waals surface area contributed by atoms with E-state index < -0.39 is 10.0 Å². The number of aromatic nitrogens is 2. The number of anilines is 2. The minimum absolute atomic E-state index is 0.280. The van der Waals surface area contributed by atoms with Gasteiger partial charge in [-0.15, -0.1) is 0 Å². The summed E-state index contributed by atoms with van der Waals surface area (Å²) < 4.78 is 33.9. The minimum atomic E-state index is -3.50. The van der Waals surface area contributed by atoms with E-state index >= 15 is 0 Å². The van der Waals surface area contributed by atoms with Crippen LogP contribution >= 0.6 is 35.4 Å². The highest BCUT2D eigenvalue weighted by atomic mass is 35.5. The zero-order valence-electron chi connectivity index (χ0n) is 22.1. The molecule has 208 valence electrons. The molecule has 4 aromatic rings. The van der Waals surface area contributed by atoms with Gasteiger partial charge >= 0.3 is 0 Å². The van der Waals surface area contributed by atoms with Gasteiger partial charge in [0, 0.05) is 29.3 Å². The van der Waals surface area contributed by atoms with Crippen LogP contribution in [-0.2, 0) is 10.0 Å². The molecule has 5 rings (SSSR count). The van der Waals surface area contributed by atoms with Crippen LogP contribution in [0.1, 0.15) is 34.7 Å². The Labute approximate surface area is 248 Å². The van der Waals surface area contributed by atoms with Crippen LogP contribution in [0.4, 0.5) is 11.4 Å². The van der Waals surface area contributed by atoms with Crippen LogP contribution < -0.4 is 19.7 Å². The number of methoxy groups -OCH3 is 1. The van der Waals surface area contributed by atoms with Crippen molar-refractivity contribution in [1.29, 1.82) is 0 Å². The average molecular weight is 617 g/mol. The number of thiocarbonyl (C=S) groups is 1. The van der Waals surface area contributed by atoms with Gasteiger partial charge in [0.25, 0.3) is 0 Å². The van der Waals surface area contributed by atoms with E-state index in [9.17, 15) is 8.42 Å². The van der Waals surface area contributed by atoms with Crippen LogP contribution in [0.15, 0.2) is 66.9 Å². The number of hydrogen-bond donors (Lipinski definition) is 2. The number of sulfonamides is 1. The van der Waals surface area contributed by atoms with Crippen molar-refractivity contribution in [3.63, 3.8) is 0 Å². The number of pyridine rings is 1. The summed E-state index contributed by atoms with van der Waals surface area (Å²) in [7, 11) is -2.01. The first kappa shape index (κ1) is 28.2. The summed E-state index contributed by atoms with van der Waals surface area (Å²) in [6.07, 6.45) is 2.85. The molecule has 2 N–H and O–H groups in total. The summed E-state index contributed by atoms with van der Waals surface area (Å²) in [4.78, 5) is 6.64. The molecule has 1 saturated heterocycles. The SMILES string of the molecule is COc1cc(N2C(=S)N[C@H](c3ccccn3)[C@@H]2c2cc(C)n(-c3cccc(Cl)c3Cl)c2C)ccc1NS(C)(=O)=O. The maximum atomic E-state index is 11.9. The molecule has 0 amide bonds. The molecule has 2 aromatic carbocycles. The van der Waals surface area contributed by atoms with Gasteiger partial charge in [0.15, 0.2) is 5.11 Å². The topological polar surface area (TPSA) is 88.5 Å². The Kier molecular flexibility index (Phi) is 7.71. The molecule has 0 saturated carbocycles. The fraction of sp³-hybridized carbons (Fsp3) is 0.214. The maximum Gasteiger partial charge on any atom is 0.229 e. The van der Waals surface area contributed by atoms with Crippen LogP contribution in [0.2, 0.25) is 10.0 Å². The van der Waals surface area contributed by atoms with Gasteiger partial charge in [-0.2, -0.15) is 0 Å². The highest BCUT2D eigenvalue weighted by Gasteiger charge is 2.42. The summed E-state index contributed by atoms with van der Waals surface area (Å²) in [5, 5.41) is 4.90. The van der Waals surface area contributed by atoms with Crippen molar-refractivity contribution >= 4 is 61.9 Å². The zero-order chi connectivity index (χ0) is 28.8. The molecule has 40 heavy (non-hydrogen) atoms. The molecule has 2 aromatic heterocycles. The lowest BCUT2D eigenvalue weighted by atomic mass is 9.96. The number of nitrogens with zero attached hydrogens (tertiary/aromatic N) is 3. The quantitative estimate of drug-likeness (QED) is 0.234. The normalized spacial score (nSPS) is 17.1. The van der Waals surface area contributed by atoms with Crippen LogP contribution in [0.3, 0.4) is 0 Å². The first-order valence-corrected chi connectivity index (χ1v) is 15.4. The summed E-state index contributed by atoms with van der Waals surface area (Å²) in [5.41, 5.74) is 5.61. The molecule has 12 heteroatoms. The van der Waals surface area contributed by atoms with Gasteiger partial charge in [-0.05, 0) is 74.1 Å². The molecule has 1 fully saturated rings. The Hall–Kier alpha value is -3.31. The number of aryl methyl sites for hydroxylation is 1. The number of benzene rings is 2. The van der Waals surface area contributed by atoms with Crippen LogP contribution in [0.5, 0.6) is 5.75 Å². The van der Waals surface area contributed by atoms with Gasteiger partial charge in [0.1, 0.15) is 5.75 Å². The van der Waals surface area contributed by atoms with Gasteiger partial charge in [-0.1, -0.05) is 35.3 Å². The van der Waals surface area contributed by atoms with Crippen LogP contribution in [0, 0.1) is 13.8 Å². The lowest BCUT2D eigenvalue weighted by Crippen LogP contribution is -2.29. The van der Waals surface area contributed by atoms with Crippen molar-refractivity contribution in [2.45, 2.75) is 25.9 Å². The first-order valence-electron chi connectivity index (χ1n) is 12.3. The van der Waals surface area contributed by atoms with Crippen molar-refractivity contribution in [2.75, 3.05) is 23.0 Å². The highest BCUT2D eigenvalue weighted by molar-refractivity contribution is 7.92. The molecule has 0 bridgehead atoms. The van der Waals surface area contributed by atoms with E-state index in [1.54, 1.807) is 24.4 Å². The Morgan fingerprint density at radius 2 is 1.85 bits per heavy atom. The second kappa shape index (κ2) is 10.9. The molecule has 0 spiro atoms. The molecule has 1 aliphatic heterocycles. The predicted molar refractivity (Wildman–Crippen MR) is 165 cm³/mol. The fourth-order valence-electron chi connectivity index (χ4n) is 5.19. The van der Waals surface area contributed by atoms with Crippen molar-refractivity contribution in [3.8, 4) is 11.4 Å². The van der Waals surface area contributed by atoms with Gasteiger partial charge in [0.2, 0.25) is 10.0 Å². The second-order valence-electron chi connectivity index (χ2n) is 9.49. The third-order valence-electron chi connectivity index (χ3n) is 6.82. The standard InChI is InChI=1S/C28H27Cl2N5O3S2/c1-16-14-19(17(2)34(16)23-10-7-8-20(29)25(23)30)27-26(22-9-5-6-13-31-22)32-28(39)35(27)18-11-12-21(24(15-18)38-3)33-40(4,36)37/h5-15,26-27,33H,1-4H3,(H,32,39)/t26-,27+/m1/s1. The van der Waals surface area contributed by atoms with E-state index in [0.29, 0.717) is 26.6 Å². The van der Waals surface area contributed by atoms with E-state index in [1.807, 2.05) is 55.1 Å². The Bertz CT molecular complexity index is 1710. The minimum Gasteiger partial charge on any atom is -0.494 e. The Balaban J connectivity index is 1.68. The molecular weight excluding hydrogens is 589 g/mol. The molecule has 0 aliphatic carbocycles. The molecule has 0 unspecified atom stereocenters. The fourth-order valence-corrected chi connectivity index (χ4v) is 6.48. The molecule has 8 nitrogen and oxygen atoms in total. The average Bonchev–Trinajstić information content (AvgIpc) is 3.40. The van der Waals surface area contributed by atoms with Crippen molar-refractivity contribution in [3.05, 3.63) is 99.6 Å². The van der Waals surface area contributed by atoms with Crippen molar-refractivity contribution in [2.24, 2.45) is 0 Å². The molecule has 1 aliphatic rings. The van der Waals surface area contributed by atoms with Crippen molar-refractivity contribution in [1.82, 2.24) is 14.9 Å². The predicted octanol–water partition coefficient (Wildman–Crippen LogP) is 6.35. The zero-order valence-corrected chi connectivity index (χ0v) is 25.3. The summed E-state index contributed by atoms with van der Waals surface area (Å²) in [6.45, 7) is 4.05. The van der Waals surface area contributed by atoms with Crippen molar-refractivity contribution < 1.29 is 13.2 Å². The first-order chi connectivity index (χ1) is 19.0. The van der Waals surface area contributed by atoms with E-state index in [-0.39, 0.29) is 12.1 Å². The summed E-state index contributed by atoms with van der Waals surface area (Å²) in [6, 6.07) is 18.1. The third kappa shape index (κ3) is 5.24. The van der Waals surface area contributed by atoms with Crippen LogP contribution in [-0.4, -0.2) is 36.4 Å². The molecule has 2 atom stereocenters. The summed E-state index contributed by atoms with van der Waals surface area (Å²) >= 11 is 18.9. The van der Waals surface area contributed by atoms with Gasteiger partial charge in [-0.3, -0.25) is 9.71 Å². The van der Waals surface area contributed by atoms with E-state index in [4.69, 9.17) is 40.2 Å². The number of ether oxygens (including phenoxy) is 1. The number of halogens is 2. The maximum absolute atomic E-state index is 11.9. The summed E-state index contributed by atoms with van der Waals surface area (Å²) in [5.74, 6) is 0.363. The Morgan fingerprint density at radius 1 is 1.07 bits per heavy atom. The van der Waals surface area contributed by atoms with E-state index in [0.717, 1.165) is 40.3 Å². The largest absolute Gasteiger partial charge is 0.494 e. The number of rotatable bonds is 7. The lowest BCUT2D eigenvalue weighted by Gasteiger charge is -2.29. The third-order valence-corrected chi connectivity index (χ3v) is 8.53.